The average Bonchev–Trinajstić information content (AvgIpc) is 2.04. The van der Waals surface area contributed by atoms with E-state index >= 15 is 0 Å². The van der Waals surface area contributed by atoms with E-state index in [1.165, 1.54) is 0 Å². The first kappa shape index (κ1) is 7.31. The maximum absolute atomic E-state index is 5.62. The summed E-state index contributed by atoms with van der Waals surface area (Å²) in [5.41, 5.74) is 6.39. The zero-order chi connectivity index (χ0) is 8.55. The standard InChI is InChI=1S/C8H6ClN3/c9-8-11-6-4-2-1-3-5(6)7(10)12-8/h1-4H,(H2,10,11,12). The van der Waals surface area contributed by atoms with E-state index in [0.717, 1.165) is 10.9 Å². The number of hydrogen-bond donors (Lipinski definition) is 1. The minimum Gasteiger partial charge on any atom is -0.383 e. The lowest BCUT2D eigenvalue weighted by atomic mass is 10.2. The van der Waals surface area contributed by atoms with Gasteiger partial charge in [-0.3, -0.25) is 0 Å². The van der Waals surface area contributed by atoms with Crippen LogP contribution in [0.2, 0.25) is 5.28 Å². The summed E-state index contributed by atoms with van der Waals surface area (Å²) in [6.45, 7) is 0. The zero-order valence-electron chi connectivity index (χ0n) is 6.16. The number of hydrogen-bond acceptors (Lipinski definition) is 3. The van der Waals surface area contributed by atoms with Crippen LogP contribution in [0.15, 0.2) is 24.3 Å². The highest BCUT2D eigenvalue weighted by Crippen LogP contribution is 2.18. The second-order valence-electron chi connectivity index (χ2n) is 2.40. The van der Waals surface area contributed by atoms with Crippen LogP contribution in [0.1, 0.15) is 0 Å². The van der Waals surface area contributed by atoms with Gasteiger partial charge in [-0.1, -0.05) is 12.1 Å². The van der Waals surface area contributed by atoms with E-state index in [1.807, 2.05) is 24.3 Å². The number of fused-ring (bicyclic) bond motifs is 1. The Kier molecular flexibility index (Phi) is 1.59. The molecule has 2 aromatic rings. The van der Waals surface area contributed by atoms with Crippen molar-refractivity contribution in [2.75, 3.05) is 5.73 Å². The van der Waals surface area contributed by atoms with Crippen LogP contribution in [0.4, 0.5) is 5.82 Å². The first-order chi connectivity index (χ1) is 5.77. The summed E-state index contributed by atoms with van der Waals surface area (Å²) in [4.78, 5) is 7.84. The van der Waals surface area contributed by atoms with Gasteiger partial charge in [-0.15, -0.1) is 0 Å². The van der Waals surface area contributed by atoms with E-state index < -0.39 is 0 Å². The van der Waals surface area contributed by atoms with Crippen LogP contribution in [0.5, 0.6) is 0 Å². The first-order valence-electron chi connectivity index (χ1n) is 3.45. The quantitative estimate of drug-likeness (QED) is 0.628. The van der Waals surface area contributed by atoms with Gasteiger partial charge < -0.3 is 5.73 Å². The minimum absolute atomic E-state index is 0.186. The van der Waals surface area contributed by atoms with Gasteiger partial charge in [0.05, 0.1) is 5.52 Å². The fraction of sp³-hybridized carbons (Fsp3) is 0. The third-order valence-corrected chi connectivity index (χ3v) is 1.77. The van der Waals surface area contributed by atoms with Crippen molar-refractivity contribution in [3.05, 3.63) is 29.5 Å². The van der Waals surface area contributed by atoms with Crippen molar-refractivity contribution in [2.24, 2.45) is 0 Å². The Balaban J connectivity index is 2.89. The number of nitrogen functional groups attached to an aromatic ring is 1. The summed E-state index contributed by atoms with van der Waals surface area (Å²) in [5, 5.41) is 1.02. The Bertz CT molecular complexity index is 428. The molecule has 1 aromatic carbocycles. The van der Waals surface area contributed by atoms with Crippen molar-refractivity contribution in [3.63, 3.8) is 0 Å². The SMILES string of the molecule is Nc1nc(Cl)nc2ccccc12. The van der Waals surface area contributed by atoms with Gasteiger partial charge in [-0.25, -0.2) is 9.97 Å². The molecule has 60 valence electrons. The predicted octanol–water partition coefficient (Wildman–Crippen LogP) is 1.87. The van der Waals surface area contributed by atoms with Gasteiger partial charge in [-0.05, 0) is 23.7 Å². The van der Waals surface area contributed by atoms with Crippen LogP contribution >= 0.6 is 11.6 Å². The maximum atomic E-state index is 5.62. The molecule has 1 aromatic heterocycles. The second-order valence-corrected chi connectivity index (χ2v) is 2.73. The molecule has 0 aliphatic carbocycles. The molecule has 4 heteroatoms. The Morgan fingerprint density at radius 2 is 1.92 bits per heavy atom. The molecule has 0 unspecified atom stereocenters. The van der Waals surface area contributed by atoms with Crippen LogP contribution in [-0.2, 0) is 0 Å². The van der Waals surface area contributed by atoms with Crippen molar-refractivity contribution >= 4 is 28.3 Å². The maximum Gasteiger partial charge on any atom is 0.224 e. The van der Waals surface area contributed by atoms with E-state index in [0.29, 0.717) is 5.82 Å². The smallest absolute Gasteiger partial charge is 0.224 e. The average molecular weight is 180 g/mol. The van der Waals surface area contributed by atoms with Crippen LogP contribution in [0.3, 0.4) is 0 Å². The molecule has 0 aliphatic heterocycles. The van der Waals surface area contributed by atoms with Gasteiger partial charge in [0.15, 0.2) is 0 Å². The molecule has 0 saturated heterocycles. The molecule has 0 saturated carbocycles. The summed E-state index contributed by atoms with van der Waals surface area (Å²) in [6, 6.07) is 7.47. The molecule has 1 heterocycles. The van der Waals surface area contributed by atoms with Crippen molar-refractivity contribution in [2.45, 2.75) is 0 Å². The highest BCUT2D eigenvalue weighted by molar-refractivity contribution is 6.28. The highest BCUT2D eigenvalue weighted by Gasteiger charge is 2.00. The number of anilines is 1. The number of aromatic nitrogens is 2. The summed E-state index contributed by atoms with van der Waals surface area (Å²) < 4.78 is 0. The molecule has 0 radical (unpaired) electrons. The van der Waals surface area contributed by atoms with Crippen molar-refractivity contribution in [3.8, 4) is 0 Å². The molecule has 0 bridgehead atoms. The van der Waals surface area contributed by atoms with Gasteiger partial charge in [0, 0.05) is 5.39 Å². The fourth-order valence-electron chi connectivity index (χ4n) is 1.07. The monoisotopic (exact) mass is 179 g/mol. The van der Waals surface area contributed by atoms with E-state index in [1.54, 1.807) is 0 Å². The Morgan fingerprint density at radius 3 is 2.75 bits per heavy atom. The van der Waals surface area contributed by atoms with Crippen LogP contribution < -0.4 is 5.73 Å². The van der Waals surface area contributed by atoms with Gasteiger partial charge in [0.25, 0.3) is 0 Å². The number of nitrogens with zero attached hydrogens (tertiary/aromatic N) is 2. The van der Waals surface area contributed by atoms with Crippen LogP contribution in [-0.4, -0.2) is 9.97 Å². The largest absolute Gasteiger partial charge is 0.383 e. The molecule has 0 fully saturated rings. The lowest BCUT2D eigenvalue weighted by Crippen LogP contribution is -1.94. The van der Waals surface area contributed by atoms with E-state index in [-0.39, 0.29) is 5.28 Å². The lowest BCUT2D eigenvalue weighted by molar-refractivity contribution is 1.23. The Labute approximate surface area is 74.2 Å². The number of nitrogens with two attached hydrogens (primary N) is 1. The van der Waals surface area contributed by atoms with Gasteiger partial charge in [0.2, 0.25) is 5.28 Å². The van der Waals surface area contributed by atoms with Gasteiger partial charge in [0.1, 0.15) is 5.82 Å². The van der Waals surface area contributed by atoms with E-state index in [2.05, 4.69) is 9.97 Å². The van der Waals surface area contributed by atoms with Crippen molar-refractivity contribution in [1.29, 1.82) is 0 Å². The number of para-hydroxylation sites is 1. The Hall–Kier alpha value is -1.35. The van der Waals surface area contributed by atoms with Gasteiger partial charge >= 0.3 is 0 Å². The van der Waals surface area contributed by atoms with E-state index in [9.17, 15) is 0 Å². The summed E-state index contributed by atoms with van der Waals surface area (Å²) in [5.74, 6) is 0.422. The molecule has 2 rings (SSSR count). The molecule has 0 amide bonds. The molecular weight excluding hydrogens is 174 g/mol. The highest BCUT2D eigenvalue weighted by atomic mass is 35.5. The molecular formula is C8H6ClN3. The number of halogens is 1. The topological polar surface area (TPSA) is 51.8 Å². The molecule has 0 aliphatic rings. The molecule has 0 spiro atoms. The zero-order valence-corrected chi connectivity index (χ0v) is 6.92. The molecule has 12 heavy (non-hydrogen) atoms. The van der Waals surface area contributed by atoms with Crippen molar-refractivity contribution < 1.29 is 0 Å². The van der Waals surface area contributed by atoms with Crippen LogP contribution in [0.25, 0.3) is 10.9 Å². The van der Waals surface area contributed by atoms with Gasteiger partial charge in [-0.2, -0.15) is 0 Å². The summed E-state index contributed by atoms with van der Waals surface area (Å²) >= 11 is 5.62. The summed E-state index contributed by atoms with van der Waals surface area (Å²) in [7, 11) is 0. The van der Waals surface area contributed by atoms with Crippen molar-refractivity contribution in [1.82, 2.24) is 9.97 Å². The first-order valence-corrected chi connectivity index (χ1v) is 3.83. The summed E-state index contributed by atoms with van der Waals surface area (Å²) in [6.07, 6.45) is 0. The molecule has 2 N–H and O–H groups in total. The second kappa shape index (κ2) is 2.60. The predicted molar refractivity (Wildman–Crippen MR) is 49.0 cm³/mol. The minimum atomic E-state index is 0.186. The lowest BCUT2D eigenvalue weighted by Gasteiger charge is -1.99. The third-order valence-electron chi connectivity index (χ3n) is 1.61. The Morgan fingerprint density at radius 1 is 1.17 bits per heavy atom. The molecule has 0 atom stereocenters. The van der Waals surface area contributed by atoms with E-state index in [4.69, 9.17) is 17.3 Å². The van der Waals surface area contributed by atoms with Crippen LogP contribution in [0, 0.1) is 0 Å². The third kappa shape index (κ3) is 1.08. The fourth-order valence-corrected chi connectivity index (χ4v) is 1.25. The normalized spacial score (nSPS) is 10.4. The molecule has 3 nitrogen and oxygen atoms in total. The number of benzene rings is 1. The number of rotatable bonds is 0.